The highest BCUT2D eigenvalue weighted by atomic mass is 16.5. The van der Waals surface area contributed by atoms with E-state index in [1.54, 1.807) is 7.11 Å². The molecule has 4 rings (SSSR count). The summed E-state index contributed by atoms with van der Waals surface area (Å²) < 4.78 is 7.32. The first-order valence-electron chi connectivity index (χ1n) is 8.49. The number of hydrogen-bond donors (Lipinski definition) is 2. The normalized spacial score (nSPS) is 22.7. The third-order valence-electron chi connectivity index (χ3n) is 4.80. The highest BCUT2D eigenvalue weighted by Gasteiger charge is 2.35. The van der Waals surface area contributed by atoms with Crippen molar-refractivity contribution < 1.29 is 9.53 Å². The van der Waals surface area contributed by atoms with Crippen molar-refractivity contribution in [1.82, 2.24) is 30.5 Å². The summed E-state index contributed by atoms with van der Waals surface area (Å²) in [5, 5.41) is 4.34. The zero-order valence-corrected chi connectivity index (χ0v) is 14.4. The minimum Gasteiger partial charge on any atom is -0.496 e. The Labute approximate surface area is 146 Å². The second kappa shape index (κ2) is 6.45. The molecule has 2 aliphatic rings. The largest absolute Gasteiger partial charge is 0.496 e. The molecule has 0 aliphatic carbocycles. The van der Waals surface area contributed by atoms with E-state index in [1.807, 2.05) is 40.8 Å². The summed E-state index contributed by atoms with van der Waals surface area (Å²) >= 11 is 0. The number of nitrogens with one attached hydrogen (secondary N) is 2. The number of fused-ring (bicyclic) bond motifs is 1. The Balaban J connectivity index is 1.44. The number of aromatic nitrogens is 3. The maximum Gasteiger partial charge on any atom is 0.241 e. The molecule has 0 radical (unpaired) electrons. The summed E-state index contributed by atoms with van der Waals surface area (Å²) in [6, 6.07) is 7.67. The van der Waals surface area contributed by atoms with E-state index in [0.29, 0.717) is 26.1 Å². The highest BCUT2D eigenvalue weighted by Crippen LogP contribution is 2.30. The Morgan fingerprint density at radius 2 is 2.12 bits per heavy atom. The van der Waals surface area contributed by atoms with Crippen LogP contribution in [0.1, 0.15) is 29.7 Å². The Kier molecular flexibility index (Phi) is 4.14. The molecule has 2 aromatic rings. The van der Waals surface area contributed by atoms with Crippen LogP contribution in [-0.4, -0.2) is 45.3 Å². The Hall–Kier alpha value is -2.45. The van der Waals surface area contributed by atoms with Gasteiger partial charge in [-0.15, -0.1) is 0 Å². The SMILES string of the molecule is COc1ccccc1C1CC(C(=O)N2CCn3nc(C)nc3C2)NN1. The van der Waals surface area contributed by atoms with Crippen molar-refractivity contribution in [3.8, 4) is 5.75 Å². The van der Waals surface area contributed by atoms with Gasteiger partial charge < -0.3 is 9.64 Å². The molecule has 0 saturated carbocycles. The lowest BCUT2D eigenvalue weighted by molar-refractivity contribution is -0.134. The summed E-state index contributed by atoms with van der Waals surface area (Å²) in [6.45, 7) is 3.74. The first kappa shape index (κ1) is 16.0. The number of carbonyl (C=O) groups is 1. The summed E-state index contributed by atoms with van der Waals surface area (Å²) in [5.74, 6) is 2.53. The number of ether oxygens (including phenoxy) is 1. The van der Waals surface area contributed by atoms with Gasteiger partial charge in [-0.3, -0.25) is 4.79 Å². The number of methoxy groups -OCH3 is 1. The van der Waals surface area contributed by atoms with Crippen LogP contribution in [0.25, 0.3) is 0 Å². The van der Waals surface area contributed by atoms with Gasteiger partial charge in [-0.25, -0.2) is 20.5 Å². The Morgan fingerprint density at radius 1 is 1.28 bits per heavy atom. The van der Waals surface area contributed by atoms with Crippen LogP contribution in [0.15, 0.2) is 24.3 Å². The van der Waals surface area contributed by atoms with Crippen LogP contribution >= 0.6 is 0 Å². The van der Waals surface area contributed by atoms with Gasteiger partial charge >= 0.3 is 0 Å². The van der Waals surface area contributed by atoms with Crippen molar-refractivity contribution in [1.29, 1.82) is 0 Å². The number of para-hydroxylation sites is 1. The molecule has 1 fully saturated rings. The molecule has 0 spiro atoms. The van der Waals surface area contributed by atoms with Crippen LogP contribution in [0.5, 0.6) is 5.75 Å². The number of amides is 1. The highest BCUT2D eigenvalue weighted by molar-refractivity contribution is 5.82. The van der Waals surface area contributed by atoms with Gasteiger partial charge in [0, 0.05) is 12.1 Å². The number of benzene rings is 1. The second-order valence-electron chi connectivity index (χ2n) is 6.43. The van der Waals surface area contributed by atoms with Gasteiger partial charge in [0.15, 0.2) is 0 Å². The third-order valence-corrected chi connectivity index (χ3v) is 4.80. The van der Waals surface area contributed by atoms with E-state index in [9.17, 15) is 4.79 Å². The van der Waals surface area contributed by atoms with E-state index < -0.39 is 0 Å². The molecule has 2 N–H and O–H groups in total. The molecule has 2 unspecified atom stereocenters. The summed E-state index contributed by atoms with van der Waals surface area (Å²) in [4.78, 5) is 19.1. The van der Waals surface area contributed by atoms with E-state index in [4.69, 9.17) is 4.74 Å². The van der Waals surface area contributed by atoms with Crippen LogP contribution in [0, 0.1) is 6.92 Å². The standard InChI is InChI=1S/C17H22N6O2/c1-11-18-16-10-22(7-8-23(16)21-11)17(24)14-9-13(19-20-14)12-5-3-4-6-15(12)25-2/h3-6,13-14,19-20H,7-10H2,1-2H3. The van der Waals surface area contributed by atoms with Crippen molar-refractivity contribution in [2.24, 2.45) is 0 Å². The molecule has 8 nitrogen and oxygen atoms in total. The van der Waals surface area contributed by atoms with Gasteiger partial charge in [-0.1, -0.05) is 18.2 Å². The fraction of sp³-hybridized carbons (Fsp3) is 0.471. The van der Waals surface area contributed by atoms with Crippen LogP contribution in [-0.2, 0) is 17.9 Å². The number of aryl methyl sites for hydroxylation is 1. The fourth-order valence-electron chi connectivity index (χ4n) is 3.55. The molecule has 1 aromatic heterocycles. The number of carbonyl (C=O) groups excluding carboxylic acids is 1. The maximum absolute atomic E-state index is 12.9. The van der Waals surface area contributed by atoms with E-state index in [0.717, 1.165) is 23.0 Å². The zero-order valence-electron chi connectivity index (χ0n) is 14.4. The zero-order chi connectivity index (χ0) is 17.4. The number of nitrogens with zero attached hydrogens (tertiary/aromatic N) is 4. The lowest BCUT2D eigenvalue weighted by atomic mass is 10.0. The monoisotopic (exact) mass is 342 g/mol. The van der Waals surface area contributed by atoms with Crippen molar-refractivity contribution in [2.75, 3.05) is 13.7 Å². The minimum absolute atomic E-state index is 0.0424. The van der Waals surface area contributed by atoms with Gasteiger partial charge in [0.25, 0.3) is 0 Å². The molecule has 25 heavy (non-hydrogen) atoms. The Morgan fingerprint density at radius 3 is 2.96 bits per heavy atom. The summed E-state index contributed by atoms with van der Waals surface area (Å²) in [7, 11) is 1.66. The molecule has 3 heterocycles. The predicted octanol–water partition coefficient (Wildman–Crippen LogP) is 0.545. The van der Waals surface area contributed by atoms with Gasteiger partial charge in [-0.05, 0) is 19.4 Å². The number of hydrazine groups is 1. The van der Waals surface area contributed by atoms with Crippen LogP contribution < -0.4 is 15.6 Å². The smallest absolute Gasteiger partial charge is 0.241 e. The molecule has 8 heteroatoms. The maximum atomic E-state index is 12.9. The van der Waals surface area contributed by atoms with Crippen molar-refractivity contribution in [3.63, 3.8) is 0 Å². The van der Waals surface area contributed by atoms with Gasteiger partial charge in [0.2, 0.25) is 5.91 Å². The lowest BCUT2D eigenvalue weighted by Crippen LogP contribution is -2.48. The van der Waals surface area contributed by atoms with Crippen LogP contribution in [0.4, 0.5) is 0 Å². The van der Waals surface area contributed by atoms with Crippen molar-refractivity contribution in [3.05, 3.63) is 41.5 Å². The molecule has 132 valence electrons. The minimum atomic E-state index is -0.259. The quantitative estimate of drug-likeness (QED) is 0.847. The molecule has 1 amide bonds. The van der Waals surface area contributed by atoms with E-state index in [1.165, 1.54) is 0 Å². The molecule has 2 aliphatic heterocycles. The van der Waals surface area contributed by atoms with Gasteiger partial charge in [0.05, 0.1) is 26.2 Å². The van der Waals surface area contributed by atoms with E-state index in [-0.39, 0.29) is 18.0 Å². The molecule has 1 aromatic carbocycles. The molecule has 1 saturated heterocycles. The topological polar surface area (TPSA) is 84.3 Å². The van der Waals surface area contributed by atoms with Crippen LogP contribution in [0.2, 0.25) is 0 Å². The molecular weight excluding hydrogens is 320 g/mol. The first-order valence-corrected chi connectivity index (χ1v) is 8.49. The molecular formula is C17H22N6O2. The van der Waals surface area contributed by atoms with E-state index in [2.05, 4.69) is 20.9 Å². The van der Waals surface area contributed by atoms with Crippen molar-refractivity contribution in [2.45, 2.75) is 38.5 Å². The summed E-state index contributed by atoms with van der Waals surface area (Å²) in [6.07, 6.45) is 0.682. The fourth-order valence-corrected chi connectivity index (χ4v) is 3.55. The second-order valence-corrected chi connectivity index (χ2v) is 6.43. The molecule has 0 bridgehead atoms. The van der Waals surface area contributed by atoms with Gasteiger partial charge in [-0.2, -0.15) is 5.10 Å². The predicted molar refractivity (Wildman–Crippen MR) is 90.6 cm³/mol. The molecule has 2 atom stereocenters. The lowest BCUT2D eigenvalue weighted by Gasteiger charge is -2.28. The number of rotatable bonds is 3. The third kappa shape index (κ3) is 2.98. The number of hydrogen-bond acceptors (Lipinski definition) is 6. The summed E-state index contributed by atoms with van der Waals surface area (Å²) in [5.41, 5.74) is 7.43. The Bertz CT molecular complexity index is 789. The van der Waals surface area contributed by atoms with Crippen molar-refractivity contribution >= 4 is 5.91 Å². The van der Waals surface area contributed by atoms with Gasteiger partial charge in [0.1, 0.15) is 23.4 Å². The van der Waals surface area contributed by atoms with Crippen LogP contribution in [0.3, 0.4) is 0 Å². The van der Waals surface area contributed by atoms with E-state index >= 15 is 0 Å². The average Bonchev–Trinajstić information content (AvgIpc) is 3.26. The average molecular weight is 342 g/mol. The first-order chi connectivity index (χ1) is 12.2.